The minimum Gasteiger partial charge on any atom is -0.398 e. The third-order valence-corrected chi connectivity index (χ3v) is 2.76. The number of benzene rings is 1. The molecule has 0 saturated carbocycles. The number of hydrogen-bond acceptors (Lipinski definition) is 4. The van der Waals surface area contributed by atoms with Gasteiger partial charge in [0.05, 0.1) is 6.61 Å². The topological polar surface area (TPSA) is 107 Å². The van der Waals surface area contributed by atoms with E-state index in [0.29, 0.717) is 17.8 Å². The van der Waals surface area contributed by atoms with Crippen LogP contribution in [0.4, 0.5) is 5.69 Å². The summed E-state index contributed by atoms with van der Waals surface area (Å²) in [5, 5.41) is 2.63. The van der Waals surface area contributed by atoms with Gasteiger partial charge in [0.1, 0.15) is 6.61 Å². The van der Waals surface area contributed by atoms with Crippen LogP contribution in [-0.4, -0.2) is 31.6 Å². The maximum atomic E-state index is 11.7. The van der Waals surface area contributed by atoms with Crippen LogP contribution >= 0.6 is 15.9 Å². The lowest BCUT2D eigenvalue weighted by atomic mass is 10.2. The fraction of sp³-hybridized carbons (Fsp3) is 0.273. The Hall–Kier alpha value is -1.60. The summed E-state index contributed by atoms with van der Waals surface area (Å²) in [4.78, 5) is 22.1. The summed E-state index contributed by atoms with van der Waals surface area (Å²) in [5.74, 6) is -0.793. The molecular formula is C11H14BrN3O3. The predicted octanol–water partition coefficient (Wildman–Crippen LogP) is 0.263. The van der Waals surface area contributed by atoms with Crippen LogP contribution in [0.2, 0.25) is 0 Å². The number of anilines is 1. The molecule has 18 heavy (non-hydrogen) atoms. The monoisotopic (exact) mass is 315 g/mol. The Labute approximate surface area is 113 Å². The van der Waals surface area contributed by atoms with E-state index in [4.69, 9.17) is 16.2 Å². The standard InChI is InChI=1S/C11H14BrN3O3/c12-8-2-1-7(5-9(8)13)11(17)15-3-4-18-6-10(14)16/h1-2,5H,3-4,6,13H2,(H2,14,16)(H,15,17). The van der Waals surface area contributed by atoms with E-state index in [9.17, 15) is 9.59 Å². The van der Waals surface area contributed by atoms with E-state index in [-0.39, 0.29) is 19.1 Å². The highest BCUT2D eigenvalue weighted by Gasteiger charge is 2.06. The van der Waals surface area contributed by atoms with Gasteiger partial charge in [-0.25, -0.2) is 0 Å². The van der Waals surface area contributed by atoms with Crippen LogP contribution in [0.5, 0.6) is 0 Å². The molecule has 5 N–H and O–H groups in total. The first-order chi connectivity index (χ1) is 8.50. The Morgan fingerprint density at radius 3 is 2.72 bits per heavy atom. The first-order valence-corrected chi connectivity index (χ1v) is 5.99. The molecular weight excluding hydrogens is 302 g/mol. The maximum Gasteiger partial charge on any atom is 0.251 e. The Morgan fingerprint density at radius 2 is 2.11 bits per heavy atom. The van der Waals surface area contributed by atoms with Crippen LogP contribution in [0.1, 0.15) is 10.4 Å². The molecule has 1 aromatic carbocycles. The summed E-state index contributed by atoms with van der Waals surface area (Å²) < 4.78 is 5.64. The second kappa shape index (κ2) is 6.97. The molecule has 0 aromatic heterocycles. The van der Waals surface area contributed by atoms with Gasteiger partial charge in [0.15, 0.2) is 0 Å². The molecule has 7 heteroatoms. The number of carbonyl (C=O) groups is 2. The highest BCUT2D eigenvalue weighted by atomic mass is 79.9. The SMILES string of the molecule is NC(=O)COCCNC(=O)c1ccc(Br)c(N)c1. The van der Waals surface area contributed by atoms with Crippen molar-refractivity contribution in [3.05, 3.63) is 28.2 Å². The van der Waals surface area contributed by atoms with Crippen molar-refractivity contribution in [3.8, 4) is 0 Å². The van der Waals surface area contributed by atoms with Crippen molar-refractivity contribution in [2.75, 3.05) is 25.5 Å². The number of amides is 2. The van der Waals surface area contributed by atoms with E-state index >= 15 is 0 Å². The molecule has 1 rings (SSSR count). The quantitative estimate of drug-likeness (QED) is 0.517. The smallest absolute Gasteiger partial charge is 0.251 e. The van der Waals surface area contributed by atoms with Gasteiger partial charge in [-0.1, -0.05) is 0 Å². The predicted molar refractivity (Wildman–Crippen MR) is 70.9 cm³/mol. The van der Waals surface area contributed by atoms with Crippen LogP contribution in [0.15, 0.2) is 22.7 Å². The van der Waals surface area contributed by atoms with Crippen LogP contribution in [0.25, 0.3) is 0 Å². The number of primary amides is 1. The average Bonchev–Trinajstić information content (AvgIpc) is 2.31. The molecule has 0 spiro atoms. The molecule has 0 unspecified atom stereocenters. The van der Waals surface area contributed by atoms with Gasteiger partial charge in [-0.15, -0.1) is 0 Å². The molecule has 0 bridgehead atoms. The molecule has 0 fully saturated rings. The molecule has 1 aromatic rings. The van der Waals surface area contributed by atoms with Gasteiger partial charge in [-0.05, 0) is 34.1 Å². The number of nitrogen functional groups attached to an aromatic ring is 1. The largest absolute Gasteiger partial charge is 0.398 e. The van der Waals surface area contributed by atoms with Crippen molar-refractivity contribution in [2.24, 2.45) is 5.73 Å². The summed E-state index contributed by atoms with van der Waals surface area (Å²) in [7, 11) is 0. The second-order valence-corrected chi connectivity index (χ2v) is 4.37. The lowest BCUT2D eigenvalue weighted by molar-refractivity contribution is -0.122. The summed E-state index contributed by atoms with van der Waals surface area (Å²) in [6.45, 7) is 0.365. The highest BCUT2D eigenvalue weighted by molar-refractivity contribution is 9.10. The first-order valence-electron chi connectivity index (χ1n) is 5.20. The Bertz CT molecular complexity index is 451. The van der Waals surface area contributed by atoms with Crippen LogP contribution in [0, 0.1) is 0 Å². The molecule has 98 valence electrons. The molecule has 0 aliphatic carbocycles. The minimum atomic E-state index is -0.540. The second-order valence-electron chi connectivity index (χ2n) is 3.51. The molecule has 0 atom stereocenters. The Kier molecular flexibility index (Phi) is 5.60. The zero-order valence-corrected chi connectivity index (χ0v) is 11.2. The van der Waals surface area contributed by atoms with Gasteiger partial charge in [-0.3, -0.25) is 9.59 Å². The Balaban J connectivity index is 2.36. The third-order valence-electron chi connectivity index (χ3n) is 2.03. The van der Waals surface area contributed by atoms with E-state index in [2.05, 4.69) is 21.2 Å². The fourth-order valence-electron chi connectivity index (χ4n) is 1.20. The van der Waals surface area contributed by atoms with Gasteiger partial charge < -0.3 is 21.5 Å². The maximum absolute atomic E-state index is 11.7. The van der Waals surface area contributed by atoms with Crippen LogP contribution in [0.3, 0.4) is 0 Å². The molecule has 6 nitrogen and oxygen atoms in total. The van der Waals surface area contributed by atoms with E-state index in [1.807, 2.05) is 0 Å². The summed E-state index contributed by atoms with van der Waals surface area (Å²) in [6, 6.07) is 4.93. The Morgan fingerprint density at radius 1 is 1.39 bits per heavy atom. The van der Waals surface area contributed by atoms with Crippen molar-refractivity contribution in [2.45, 2.75) is 0 Å². The van der Waals surface area contributed by atoms with E-state index < -0.39 is 5.91 Å². The lowest BCUT2D eigenvalue weighted by Crippen LogP contribution is -2.28. The molecule has 0 aliphatic heterocycles. The van der Waals surface area contributed by atoms with Gasteiger partial charge in [0, 0.05) is 22.3 Å². The van der Waals surface area contributed by atoms with E-state index in [1.165, 1.54) is 0 Å². The zero-order valence-electron chi connectivity index (χ0n) is 9.61. The van der Waals surface area contributed by atoms with Crippen LogP contribution in [-0.2, 0) is 9.53 Å². The first kappa shape index (κ1) is 14.5. The molecule has 0 radical (unpaired) electrons. The lowest BCUT2D eigenvalue weighted by Gasteiger charge is -2.06. The summed E-state index contributed by atoms with van der Waals surface area (Å²) >= 11 is 3.24. The van der Waals surface area contributed by atoms with Crippen molar-refractivity contribution in [3.63, 3.8) is 0 Å². The molecule has 0 aliphatic rings. The summed E-state index contributed by atoms with van der Waals surface area (Å²) in [5.41, 5.74) is 11.5. The molecule has 0 heterocycles. The molecule has 0 saturated heterocycles. The average molecular weight is 316 g/mol. The number of halogens is 1. The minimum absolute atomic E-state index is 0.152. The number of rotatable bonds is 6. The number of ether oxygens (including phenoxy) is 1. The van der Waals surface area contributed by atoms with Gasteiger partial charge in [-0.2, -0.15) is 0 Å². The van der Waals surface area contributed by atoms with Gasteiger partial charge in [0.25, 0.3) is 5.91 Å². The van der Waals surface area contributed by atoms with E-state index in [1.54, 1.807) is 18.2 Å². The third kappa shape index (κ3) is 4.72. The van der Waals surface area contributed by atoms with Crippen molar-refractivity contribution < 1.29 is 14.3 Å². The normalized spacial score (nSPS) is 10.1. The number of carbonyl (C=O) groups excluding carboxylic acids is 2. The van der Waals surface area contributed by atoms with Crippen molar-refractivity contribution in [1.29, 1.82) is 0 Å². The highest BCUT2D eigenvalue weighted by Crippen LogP contribution is 2.19. The van der Waals surface area contributed by atoms with E-state index in [0.717, 1.165) is 4.47 Å². The molecule has 2 amide bonds. The van der Waals surface area contributed by atoms with Gasteiger partial charge in [0.2, 0.25) is 5.91 Å². The van der Waals surface area contributed by atoms with Crippen LogP contribution < -0.4 is 16.8 Å². The van der Waals surface area contributed by atoms with Crippen molar-refractivity contribution >= 4 is 33.4 Å². The zero-order chi connectivity index (χ0) is 13.5. The number of hydrogen-bond donors (Lipinski definition) is 3. The van der Waals surface area contributed by atoms with Crippen molar-refractivity contribution in [1.82, 2.24) is 5.32 Å². The number of nitrogens with one attached hydrogen (secondary N) is 1. The number of nitrogens with two attached hydrogens (primary N) is 2. The fourth-order valence-corrected chi connectivity index (χ4v) is 1.44. The summed E-state index contributed by atoms with van der Waals surface area (Å²) in [6.07, 6.45) is 0. The van der Waals surface area contributed by atoms with Gasteiger partial charge >= 0.3 is 0 Å².